The minimum absolute atomic E-state index is 0.0798. The van der Waals surface area contributed by atoms with E-state index in [9.17, 15) is 9.90 Å². The van der Waals surface area contributed by atoms with Crippen molar-refractivity contribution < 1.29 is 14.3 Å². The fourth-order valence-corrected chi connectivity index (χ4v) is 3.10. The van der Waals surface area contributed by atoms with Crippen LogP contribution in [-0.4, -0.2) is 33.0 Å². The maximum absolute atomic E-state index is 11.8. The molecule has 0 aromatic carbocycles. The molecule has 2 rings (SSSR count). The highest BCUT2D eigenvalue weighted by molar-refractivity contribution is 5.79. The summed E-state index contributed by atoms with van der Waals surface area (Å²) in [5.41, 5.74) is -0.825. The number of hydrogen-bond acceptors (Lipinski definition) is 4. The number of hydrogen-bond donors (Lipinski definition) is 1. The largest absolute Gasteiger partial charge is 0.480 e. The lowest BCUT2D eigenvalue weighted by Crippen LogP contribution is -2.50. The summed E-state index contributed by atoms with van der Waals surface area (Å²) in [5, 5.41) is 9.69. The van der Waals surface area contributed by atoms with Crippen LogP contribution >= 0.6 is 0 Å². The van der Waals surface area contributed by atoms with Gasteiger partial charge in [-0.25, -0.2) is 4.98 Å². The predicted octanol–water partition coefficient (Wildman–Crippen LogP) is 3.19. The zero-order valence-corrected chi connectivity index (χ0v) is 13.5. The second-order valence-electron chi connectivity index (χ2n) is 6.98. The van der Waals surface area contributed by atoms with E-state index in [2.05, 4.69) is 25.8 Å². The van der Waals surface area contributed by atoms with Crippen LogP contribution < -0.4 is 0 Å². The van der Waals surface area contributed by atoms with Gasteiger partial charge in [-0.1, -0.05) is 34.1 Å². The van der Waals surface area contributed by atoms with Crippen molar-refractivity contribution in [1.29, 1.82) is 0 Å². The summed E-state index contributed by atoms with van der Waals surface area (Å²) in [5.74, 6) is 0.737. The summed E-state index contributed by atoms with van der Waals surface area (Å²) in [4.78, 5) is 18.1. The Morgan fingerprint density at radius 1 is 1.52 bits per heavy atom. The molecule has 1 saturated heterocycles. The van der Waals surface area contributed by atoms with E-state index in [-0.39, 0.29) is 5.41 Å². The van der Waals surface area contributed by atoms with Crippen LogP contribution in [0, 0.1) is 0 Å². The summed E-state index contributed by atoms with van der Waals surface area (Å²) in [6, 6.07) is 0. The average molecular weight is 294 g/mol. The fourth-order valence-electron chi connectivity index (χ4n) is 3.10. The van der Waals surface area contributed by atoms with Gasteiger partial charge in [0.1, 0.15) is 11.3 Å². The Bertz CT molecular complexity index is 504. The van der Waals surface area contributed by atoms with Gasteiger partial charge in [-0.3, -0.25) is 9.69 Å². The number of rotatable bonds is 5. The Morgan fingerprint density at radius 2 is 2.24 bits per heavy atom. The molecule has 1 aromatic heterocycles. The topological polar surface area (TPSA) is 66.6 Å². The smallest absolute Gasteiger partial charge is 0.324 e. The van der Waals surface area contributed by atoms with Gasteiger partial charge in [0.15, 0.2) is 0 Å². The quantitative estimate of drug-likeness (QED) is 0.903. The van der Waals surface area contributed by atoms with Crippen LogP contribution in [0.5, 0.6) is 0 Å². The minimum Gasteiger partial charge on any atom is -0.480 e. The number of carboxylic acids is 1. The van der Waals surface area contributed by atoms with Crippen molar-refractivity contribution in [3.63, 3.8) is 0 Å². The van der Waals surface area contributed by atoms with Crippen LogP contribution in [0.4, 0.5) is 0 Å². The molecule has 1 unspecified atom stereocenters. The molecule has 0 spiro atoms. The third-order valence-electron chi connectivity index (χ3n) is 4.30. The van der Waals surface area contributed by atoms with Crippen LogP contribution in [-0.2, 0) is 16.8 Å². The number of oxazole rings is 1. The first-order valence-electron chi connectivity index (χ1n) is 7.73. The lowest BCUT2D eigenvalue weighted by Gasteiger charge is -2.33. The van der Waals surface area contributed by atoms with E-state index in [4.69, 9.17) is 4.42 Å². The molecular formula is C16H26N2O3. The molecule has 0 bridgehead atoms. The normalized spacial score (nSPS) is 23.6. The number of carbonyl (C=O) groups is 1. The van der Waals surface area contributed by atoms with Crippen molar-refractivity contribution in [3.8, 4) is 0 Å². The summed E-state index contributed by atoms with van der Waals surface area (Å²) in [7, 11) is 0. The first-order valence-corrected chi connectivity index (χ1v) is 7.73. The molecule has 0 radical (unpaired) electrons. The van der Waals surface area contributed by atoms with E-state index in [0.717, 1.165) is 25.1 Å². The predicted molar refractivity (Wildman–Crippen MR) is 80.1 cm³/mol. The highest BCUT2D eigenvalue weighted by Crippen LogP contribution is 2.35. The SMILES string of the molecule is CCCC1(C(=O)O)CCCN1Cc1ncc(C(C)(C)C)o1. The third-order valence-corrected chi connectivity index (χ3v) is 4.30. The van der Waals surface area contributed by atoms with Crippen molar-refractivity contribution in [2.75, 3.05) is 6.54 Å². The van der Waals surface area contributed by atoms with Gasteiger partial charge in [0.25, 0.3) is 0 Å². The molecule has 21 heavy (non-hydrogen) atoms. The van der Waals surface area contributed by atoms with Gasteiger partial charge in [0, 0.05) is 5.41 Å². The van der Waals surface area contributed by atoms with E-state index >= 15 is 0 Å². The lowest BCUT2D eigenvalue weighted by molar-refractivity contribution is -0.150. The van der Waals surface area contributed by atoms with Crippen molar-refractivity contribution >= 4 is 5.97 Å². The number of nitrogens with zero attached hydrogens (tertiary/aromatic N) is 2. The molecule has 5 nitrogen and oxygen atoms in total. The average Bonchev–Trinajstić information content (AvgIpc) is 2.98. The summed E-state index contributed by atoms with van der Waals surface area (Å²) in [6.45, 7) is 9.52. The fraction of sp³-hybridized carbons (Fsp3) is 0.750. The van der Waals surface area contributed by atoms with E-state index in [0.29, 0.717) is 25.3 Å². The maximum Gasteiger partial charge on any atom is 0.324 e. The first-order chi connectivity index (χ1) is 9.79. The van der Waals surface area contributed by atoms with E-state index < -0.39 is 11.5 Å². The van der Waals surface area contributed by atoms with Crippen molar-refractivity contribution in [3.05, 3.63) is 17.8 Å². The molecule has 1 aliphatic heterocycles. The van der Waals surface area contributed by atoms with Crippen molar-refractivity contribution in [2.24, 2.45) is 0 Å². The molecule has 1 aromatic rings. The lowest BCUT2D eigenvalue weighted by atomic mass is 9.90. The monoisotopic (exact) mass is 294 g/mol. The highest BCUT2D eigenvalue weighted by atomic mass is 16.4. The van der Waals surface area contributed by atoms with Gasteiger partial charge < -0.3 is 9.52 Å². The Hall–Kier alpha value is -1.36. The van der Waals surface area contributed by atoms with E-state index in [1.807, 2.05) is 11.8 Å². The Morgan fingerprint density at radius 3 is 2.76 bits per heavy atom. The molecule has 0 amide bonds. The molecule has 118 valence electrons. The van der Waals surface area contributed by atoms with Crippen LogP contribution in [0.25, 0.3) is 0 Å². The van der Waals surface area contributed by atoms with Gasteiger partial charge in [0.2, 0.25) is 5.89 Å². The molecule has 1 aliphatic rings. The molecule has 1 fully saturated rings. The Kier molecular flexibility index (Phi) is 4.42. The summed E-state index contributed by atoms with van der Waals surface area (Å²) < 4.78 is 5.82. The molecule has 1 atom stereocenters. The van der Waals surface area contributed by atoms with E-state index in [1.54, 1.807) is 6.20 Å². The molecule has 5 heteroatoms. The minimum atomic E-state index is -0.745. The highest BCUT2D eigenvalue weighted by Gasteiger charge is 2.47. The van der Waals surface area contributed by atoms with Gasteiger partial charge in [-0.2, -0.15) is 0 Å². The summed E-state index contributed by atoms with van der Waals surface area (Å²) >= 11 is 0. The maximum atomic E-state index is 11.8. The van der Waals surface area contributed by atoms with E-state index in [1.165, 1.54) is 0 Å². The van der Waals surface area contributed by atoms with Crippen LogP contribution in [0.15, 0.2) is 10.6 Å². The molecular weight excluding hydrogens is 268 g/mol. The Balaban J connectivity index is 2.17. The van der Waals surface area contributed by atoms with Gasteiger partial charge in [0.05, 0.1) is 12.7 Å². The first kappa shape index (κ1) is 16.0. The second kappa shape index (κ2) is 5.79. The van der Waals surface area contributed by atoms with Gasteiger partial charge in [-0.05, 0) is 25.8 Å². The standard InChI is InChI=1S/C16H26N2O3/c1-5-7-16(14(19)20)8-6-9-18(16)11-13-17-10-12(21-13)15(2,3)4/h10H,5-9,11H2,1-4H3,(H,19,20). The third kappa shape index (κ3) is 3.12. The number of likely N-dealkylation sites (tertiary alicyclic amines) is 1. The zero-order chi connectivity index (χ0) is 15.7. The zero-order valence-electron chi connectivity index (χ0n) is 13.5. The second-order valence-corrected chi connectivity index (χ2v) is 6.98. The number of aliphatic carboxylic acids is 1. The number of carboxylic acid groups (broad SMARTS) is 1. The number of aromatic nitrogens is 1. The van der Waals surface area contributed by atoms with Crippen LogP contribution in [0.1, 0.15) is 65.0 Å². The van der Waals surface area contributed by atoms with Crippen molar-refractivity contribution in [2.45, 2.75) is 70.9 Å². The molecule has 0 saturated carbocycles. The molecule has 2 heterocycles. The molecule has 1 N–H and O–H groups in total. The summed E-state index contributed by atoms with van der Waals surface area (Å²) in [6.07, 6.45) is 4.92. The van der Waals surface area contributed by atoms with Gasteiger partial charge in [-0.15, -0.1) is 0 Å². The Labute approximate surface area is 126 Å². The van der Waals surface area contributed by atoms with Crippen LogP contribution in [0.2, 0.25) is 0 Å². The van der Waals surface area contributed by atoms with Crippen molar-refractivity contribution in [1.82, 2.24) is 9.88 Å². The molecule has 0 aliphatic carbocycles. The van der Waals surface area contributed by atoms with Gasteiger partial charge >= 0.3 is 5.97 Å². The van der Waals surface area contributed by atoms with Crippen LogP contribution in [0.3, 0.4) is 0 Å².